The van der Waals surface area contributed by atoms with Gasteiger partial charge in [0.25, 0.3) is 0 Å². The number of benzene rings is 6. The van der Waals surface area contributed by atoms with Crippen LogP contribution in [0.15, 0.2) is 146 Å². The summed E-state index contributed by atoms with van der Waals surface area (Å²) in [5.74, 6) is -0.732. The smallest absolute Gasteiger partial charge is 0.0186 e. The van der Waals surface area contributed by atoms with Crippen LogP contribution < -0.4 is 13.7 Å². The molecule has 54 heavy (non-hydrogen) atoms. The van der Waals surface area contributed by atoms with Gasteiger partial charge < -0.3 is 4.74 Å². The summed E-state index contributed by atoms with van der Waals surface area (Å²) >= 11 is -1.75. The predicted molar refractivity (Wildman–Crippen MR) is 205 cm³/mol. The third-order valence-electron chi connectivity index (χ3n) is 8.33. The van der Waals surface area contributed by atoms with Crippen LogP contribution >= 0.6 is 0 Å². The molecule has 0 aliphatic rings. The third-order valence-corrected chi connectivity index (χ3v) is 10.1. The maximum Gasteiger partial charge on any atom is -0.0186 e. The molecule has 0 saturated carbocycles. The Balaban J connectivity index is 1.00. The van der Waals surface area contributed by atoms with Crippen LogP contribution in [-0.4, -0.2) is 30.1 Å². The molecule has 0 amide bonds. The molecule has 0 heterocycles. The molecule has 0 spiro atoms. The van der Waals surface area contributed by atoms with Crippen molar-refractivity contribution in [3.8, 4) is 28.0 Å². The molecule has 0 saturated heterocycles. The van der Waals surface area contributed by atoms with Crippen molar-refractivity contribution in [1.29, 1.82) is 0 Å². The molecule has 0 unspecified atom stereocenters. The Hall–Kier alpha value is -5.96. The van der Waals surface area contributed by atoms with Gasteiger partial charge in [-0.05, 0) is 49.2 Å². The van der Waals surface area contributed by atoms with Gasteiger partial charge >= 0.3 is 226 Å². The summed E-state index contributed by atoms with van der Waals surface area (Å²) in [5, 5.41) is 0. The van der Waals surface area contributed by atoms with Crippen molar-refractivity contribution in [2.24, 2.45) is 0 Å². The zero-order chi connectivity index (χ0) is 38.2. The number of esters is 3. The first-order valence-electron chi connectivity index (χ1n) is 17.6. The maximum absolute atomic E-state index is 13.4. The summed E-state index contributed by atoms with van der Waals surface area (Å²) in [4.78, 5) is 37.1. The minimum atomic E-state index is -1.75. The van der Waals surface area contributed by atoms with E-state index in [9.17, 15) is 18.2 Å². The van der Waals surface area contributed by atoms with Gasteiger partial charge in [0.05, 0.1) is 11.7 Å². The van der Waals surface area contributed by atoms with Crippen molar-refractivity contribution in [2.75, 3.05) is 0 Å². The molecule has 8 heteroatoms. The molecule has 6 rings (SSSR count). The van der Waals surface area contributed by atoms with Gasteiger partial charge in [0, 0.05) is 0 Å². The minimum Gasteiger partial charge on any atom is -0.0535 e. The largest absolute Gasteiger partial charge is 0.0535 e. The second-order valence-corrected chi connectivity index (χ2v) is 15.0. The standard InChI is InChI=1S/C30H25O4.C16H15O2.Co.O/c1-21(2)33-29(31)27-14-12-24(13-15-27)25-16-18-28(19-17-25)34-30(32)26-10-8-23(9-11-26)20-22-6-4-3-5-7-22;1-12(2)18-16(17)15-10-8-14(9-11-15)13-6-4-3-5-7-13;;/h4-19,21H,20H2,1-2H3;4-12H,1-2H3;;. The fraction of sp³-hybridized carbons (Fsp3) is 0.152. The summed E-state index contributed by atoms with van der Waals surface area (Å²) in [6.45, 7) is 7.26. The van der Waals surface area contributed by atoms with Gasteiger partial charge in [-0.15, -0.1) is 0 Å². The summed E-state index contributed by atoms with van der Waals surface area (Å²) in [6, 6.07) is 44.3. The first-order chi connectivity index (χ1) is 26.0. The van der Waals surface area contributed by atoms with E-state index in [0.29, 0.717) is 28.9 Å². The van der Waals surface area contributed by atoms with Crippen LogP contribution in [0.5, 0.6) is 5.75 Å². The second-order valence-electron chi connectivity index (χ2n) is 13.2. The van der Waals surface area contributed by atoms with E-state index in [4.69, 9.17) is 14.2 Å². The van der Waals surface area contributed by atoms with Gasteiger partial charge in [-0.3, -0.25) is 0 Å². The van der Waals surface area contributed by atoms with Gasteiger partial charge in [0.15, 0.2) is 0 Å². The number of carbonyl (C=O) groups excluding carboxylic acids is 3. The summed E-state index contributed by atoms with van der Waals surface area (Å²) < 4.78 is 31.0. The number of carbonyl (C=O) groups is 3. The molecule has 6 aromatic rings. The summed E-state index contributed by atoms with van der Waals surface area (Å²) in [5.41, 5.74) is 7.26. The van der Waals surface area contributed by atoms with Crippen molar-refractivity contribution < 1.29 is 46.0 Å². The first kappa shape index (κ1) is 37.8. The van der Waals surface area contributed by atoms with Crippen molar-refractivity contribution in [1.82, 2.24) is 0 Å². The molecule has 0 atom stereocenters. The Morgan fingerprint density at radius 1 is 0.444 bits per heavy atom. The van der Waals surface area contributed by atoms with Crippen molar-refractivity contribution in [2.45, 2.75) is 46.3 Å². The monoisotopic (exact) mass is 763 g/mol. The second kappa shape index (κ2) is 17.2. The van der Waals surface area contributed by atoms with E-state index in [1.165, 1.54) is 0 Å². The van der Waals surface area contributed by atoms with Gasteiger partial charge in [-0.2, -0.15) is 0 Å². The van der Waals surface area contributed by atoms with Crippen molar-refractivity contribution in [3.63, 3.8) is 0 Å². The Labute approximate surface area is 319 Å². The topological polar surface area (TPSA) is 96.0 Å². The molecule has 0 bridgehead atoms. The molecule has 0 N–H and O–H groups in total. The van der Waals surface area contributed by atoms with E-state index < -0.39 is 19.6 Å². The van der Waals surface area contributed by atoms with Crippen LogP contribution in [0, 0.1) is 0 Å². The quantitative estimate of drug-likeness (QED) is 0.0908. The molecule has 7 nitrogen and oxygen atoms in total. The number of hydrogen-bond acceptors (Lipinski definition) is 7. The third kappa shape index (κ3) is 9.72. The predicted octanol–water partition coefficient (Wildman–Crippen LogP) is 8.88. The SMILES string of the molecule is CC(C)OC(=O)c1ccc(-c2ccc(OC(=O)c3ccc(Cc4cc[c]([Co](=[O])[c]5ccc(-c6ccc(C(=O)OC(C)C)cc6)cc5)cc4)cc3)cc2)cc1. The van der Waals surface area contributed by atoms with E-state index in [-0.39, 0.29) is 24.1 Å². The molecule has 0 fully saturated rings. The maximum atomic E-state index is 13.4. The van der Waals surface area contributed by atoms with E-state index in [0.717, 1.165) is 42.4 Å². The van der Waals surface area contributed by atoms with Crippen LogP contribution in [0.2, 0.25) is 0 Å². The zero-order valence-electron chi connectivity index (χ0n) is 30.4. The normalized spacial score (nSPS) is 11.3. The fourth-order valence-electron chi connectivity index (χ4n) is 5.58. The molecule has 0 aliphatic heterocycles. The average molecular weight is 764 g/mol. The average Bonchev–Trinajstić information content (AvgIpc) is 3.18. The van der Waals surface area contributed by atoms with Gasteiger partial charge in [0.1, 0.15) is 0 Å². The molecular weight excluding hydrogens is 723 g/mol. The van der Waals surface area contributed by atoms with Gasteiger partial charge in [0.2, 0.25) is 0 Å². The van der Waals surface area contributed by atoms with Crippen LogP contribution in [0.25, 0.3) is 22.3 Å². The van der Waals surface area contributed by atoms with Crippen LogP contribution in [0.4, 0.5) is 0 Å². The Morgan fingerprint density at radius 3 is 1.17 bits per heavy atom. The van der Waals surface area contributed by atoms with Crippen molar-refractivity contribution >= 4 is 26.9 Å². The minimum absolute atomic E-state index is 0.179. The van der Waals surface area contributed by atoms with Crippen molar-refractivity contribution in [3.05, 3.63) is 173 Å². The van der Waals surface area contributed by atoms with E-state index in [2.05, 4.69) is 0 Å². The number of ether oxygens (including phenoxy) is 3. The Morgan fingerprint density at radius 2 is 0.759 bits per heavy atom. The Kier molecular flexibility index (Phi) is 12.1. The van der Waals surface area contributed by atoms with Crippen LogP contribution in [0.1, 0.15) is 69.9 Å². The first-order valence-corrected chi connectivity index (χ1v) is 19.0. The molecule has 275 valence electrons. The molecule has 0 aliphatic carbocycles. The Bertz CT molecular complexity index is 2240. The molecule has 0 radical (unpaired) electrons. The molecular formula is C46H40CoO7. The fourth-order valence-corrected chi connectivity index (χ4v) is 6.90. The van der Waals surface area contributed by atoms with Gasteiger partial charge in [-0.25, -0.2) is 4.79 Å². The molecule has 0 aromatic heterocycles. The van der Waals surface area contributed by atoms with Crippen LogP contribution in [0.3, 0.4) is 0 Å². The van der Waals surface area contributed by atoms with E-state index in [1.807, 2.05) is 125 Å². The number of rotatable bonds is 12. The number of hydrogen-bond donors (Lipinski definition) is 0. The zero-order valence-corrected chi connectivity index (χ0v) is 31.5. The van der Waals surface area contributed by atoms with Gasteiger partial charge in [-0.1, -0.05) is 24.3 Å². The summed E-state index contributed by atoms with van der Waals surface area (Å²) in [6.07, 6.45) is 0.286. The van der Waals surface area contributed by atoms with E-state index in [1.54, 1.807) is 48.5 Å². The summed E-state index contributed by atoms with van der Waals surface area (Å²) in [7, 11) is 0. The van der Waals surface area contributed by atoms with Crippen LogP contribution in [-0.2, 0) is 33.3 Å². The molecule has 6 aromatic carbocycles. The van der Waals surface area contributed by atoms with E-state index >= 15 is 0 Å².